The Bertz CT molecular complexity index is 502. The van der Waals surface area contributed by atoms with E-state index in [1.165, 1.54) is 0 Å². The Kier molecular flexibility index (Phi) is 4.08. The Balaban J connectivity index is 2.27. The molecule has 0 saturated carbocycles. The van der Waals surface area contributed by atoms with Gasteiger partial charge in [0.2, 0.25) is 0 Å². The zero-order valence-electron chi connectivity index (χ0n) is 12.3. The quantitative estimate of drug-likeness (QED) is 0.782. The summed E-state index contributed by atoms with van der Waals surface area (Å²) in [5, 5.41) is 4.44. The normalized spacial score (nSPS) is 18.3. The number of carbonyl (C=O) groups excluding carboxylic acids is 1. The standard InChI is InChI=1S/C15H23N3O/c1-5-8-13-9-7-10-17(13)15(19)14-11(3)16-18(6-2)12(14)4/h7,9,13H,5-6,8,10H2,1-4H3/t13-/m1/s1. The van der Waals surface area contributed by atoms with E-state index in [0.29, 0.717) is 0 Å². The number of aromatic nitrogens is 2. The lowest BCUT2D eigenvalue weighted by Crippen LogP contribution is -2.36. The summed E-state index contributed by atoms with van der Waals surface area (Å²) in [5.74, 6) is 0.123. The molecule has 104 valence electrons. The molecular formula is C15H23N3O. The van der Waals surface area contributed by atoms with E-state index in [1.807, 2.05) is 30.4 Å². The first-order valence-corrected chi connectivity index (χ1v) is 7.11. The van der Waals surface area contributed by atoms with Gasteiger partial charge in [-0.15, -0.1) is 0 Å². The molecule has 1 aromatic rings. The van der Waals surface area contributed by atoms with Crippen molar-refractivity contribution in [1.82, 2.24) is 14.7 Å². The molecule has 0 N–H and O–H groups in total. The van der Waals surface area contributed by atoms with E-state index in [1.54, 1.807) is 0 Å². The Morgan fingerprint density at radius 1 is 1.42 bits per heavy atom. The van der Waals surface area contributed by atoms with Gasteiger partial charge in [-0.2, -0.15) is 5.10 Å². The summed E-state index contributed by atoms with van der Waals surface area (Å²) in [7, 11) is 0. The van der Waals surface area contributed by atoms with Crippen LogP contribution in [0.1, 0.15) is 48.4 Å². The smallest absolute Gasteiger partial charge is 0.258 e. The molecule has 0 bridgehead atoms. The molecule has 0 saturated heterocycles. The molecule has 1 aliphatic heterocycles. The molecule has 0 aliphatic carbocycles. The second kappa shape index (κ2) is 5.59. The number of carbonyl (C=O) groups is 1. The first kappa shape index (κ1) is 13.8. The summed E-state index contributed by atoms with van der Waals surface area (Å²) >= 11 is 0. The Labute approximate surface area is 115 Å². The van der Waals surface area contributed by atoms with E-state index in [-0.39, 0.29) is 11.9 Å². The molecule has 19 heavy (non-hydrogen) atoms. The van der Waals surface area contributed by atoms with Crippen LogP contribution in [-0.2, 0) is 6.54 Å². The summed E-state index contributed by atoms with van der Waals surface area (Å²) in [6, 6.07) is 0.251. The molecular weight excluding hydrogens is 238 g/mol. The third-order valence-corrected chi connectivity index (χ3v) is 3.80. The summed E-state index contributed by atoms with van der Waals surface area (Å²) in [6.07, 6.45) is 6.36. The van der Waals surface area contributed by atoms with Crippen LogP contribution in [0.15, 0.2) is 12.2 Å². The van der Waals surface area contributed by atoms with Crippen LogP contribution >= 0.6 is 0 Å². The summed E-state index contributed by atoms with van der Waals surface area (Å²) in [4.78, 5) is 14.7. The molecule has 0 aromatic carbocycles. The van der Waals surface area contributed by atoms with E-state index < -0.39 is 0 Å². The Hall–Kier alpha value is -1.58. The van der Waals surface area contributed by atoms with Crippen molar-refractivity contribution in [1.29, 1.82) is 0 Å². The summed E-state index contributed by atoms with van der Waals surface area (Å²) in [5.41, 5.74) is 2.60. The lowest BCUT2D eigenvalue weighted by Gasteiger charge is -2.24. The predicted molar refractivity (Wildman–Crippen MR) is 76.2 cm³/mol. The second-order valence-corrected chi connectivity index (χ2v) is 5.10. The van der Waals surface area contributed by atoms with Crippen molar-refractivity contribution < 1.29 is 4.79 Å². The van der Waals surface area contributed by atoms with Gasteiger partial charge in [-0.25, -0.2) is 0 Å². The van der Waals surface area contributed by atoms with Crippen LogP contribution in [0.2, 0.25) is 0 Å². The molecule has 4 nitrogen and oxygen atoms in total. The lowest BCUT2D eigenvalue weighted by molar-refractivity contribution is 0.0743. The molecule has 1 amide bonds. The van der Waals surface area contributed by atoms with Crippen molar-refractivity contribution in [3.05, 3.63) is 29.1 Å². The lowest BCUT2D eigenvalue weighted by atomic mass is 10.1. The fourth-order valence-corrected chi connectivity index (χ4v) is 2.81. The van der Waals surface area contributed by atoms with Crippen LogP contribution in [0.4, 0.5) is 0 Å². The SMILES string of the molecule is CCC[C@@H]1C=CCN1C(=O)c1c(C)nn(CC)c1C. The number of hydrogen-bond donors (Lipinski definition) is 0. The van der Waals surface area contributed by atoms with Crippen molar-refractivity contribution in [2.24, 2.45) is 0 Å². The average Bonchev–Trinajstić information content (AvgIpc) is 2.94. The monoisotopic (exact) mass is 261 g/mol. The van der Waals surface area contributed by atoms with E-state index in [4.69, 9.17) is 0 Å². The highest BCUT2D eigenvalue weighted by Gasteiger charge is 2.28. The fourth-order valence-electron chi connectivity index (χ4n) is 2.81. The fraction of sp³-hybridized carbons (Fsp3) is 0.600. The van der Waals surface area contributed by atoms with Crippen LogP contribution in [0.5, 0.6) is 0 Å². The van der Waals surface area contributed by atoms with Gasteiger partial charge in [-0.3, -0.25) is 9.48 Å². The van der Waals surface area contributed by atoms with E-state index >= 15 is 0 Å². The highest BCUT2D eigenvalue weighted by Crippen LogP contribution is 2.22. The van der Waals surface area contributed by atoms with Crippen molar-refractivity contribution in [3.63, 3.8) is 0 Å². The third kappa shape index (κ3) is 2.44. The number of rotatable bonds is 4. The van der Waals surface area contributed by atoms with E-state index in [2.05, 4.69) is 24.2 Å². The van der Waals surface area contributed by atoms with Crippen molar-refractivity contribution >= 4 is 5.91 Å². The van der Waals surface area contributed by atoms with Gasteiger partial charge >= 0.3 is 0 Å². The molecule has 1 atom stereocenters. The van der Waals surface area contributed by atoms with Crippen LogP contribution < -0.4 is 0 Å². The van der Waals surface area contributed by atoms with Crippen LogP contribution in [0.3, 0.4) is 0 Å². The predicted octanol–water partition coefficient (Wildman–Crippen LogP) is 2.70. The van der Waals surface area contributed by atoms with Gasteiger partial charge in [0, 0.05) is 18.8 Å². The van der Waals surface area contributed by atoms with Gasteiger partial charge in [0.1, 0.15) is 0 Å². The molecule has 4 heteroatoms. The highest BCUT2D eigenvalue weighted by atomic mass is 16.2. The molecule has 0 radical (unpaired) electrons. The average molecular weight is 261 g/mol. The number of aryl methyl sites for hydroxylation is 2. The zero-order valence-corrected chi connectivity index (χ0v) is 12.3. The van der Waals surface area contributed by atoms with Crippen LogP contribution in [0, 0.1) is 13.8 Å². The topological polar surface area (TPSA) is 38.1 Å². The van der Waals surface area contributed by atoms with Gasteiger partial charge in [-0.05, 0) is 27.2 Å². The minimum Gasteiger partial charge on any atom is -0.328 e. The minimum absolute atomic E-state index is 0.123. The molecule has 2 rings (SSSR count). The van der Waals surface area contributed by atoms with Crippen LogP contribution in [-0.4, -0.2) is 33.2 Å². The van der Waals surface area contributed by atoms with Gasteiger partial charge in [0.15, 0.2) is 0 Å². The Morgan fingerprint density at radius 3 is 2.74 bits per heavy atom. The highest BCUT2D eigenvalue weighted by molar-refractivity contribution is 5.97. The van der Waals surface area contributed by atoms with Gasteiger partial charge in [-0.1, -0.05) is 25.5 Å². The largest absolute Gasteiger partial charge is 0.328 e. The van der Waals surface area contributed by atoms with Crippen LogP contribution in [0.25, 0.3) is 0 Å². The molecule has 1 aliphatic rings. The molecule has 0 fully saturated rings. The van der Waals surface area contributed by atoms with Crippen molar-refractivity contribution in [3.8, 4) is 0 Å². The summed E-state index contributed by atoms with van der Waals surface area (Å²) < 4.78 is 1.90. The zero-order chi connectivity index (χ0) is 14.0. The molecule has 2 heterocycles. The maximum absolute atomic E-state index is 12.7. The van der Waals surface area contributed by atoms with Gasteiger partial charge in [0.25, 0.3) is 5.91 Å². The number of hydrogen-bond acceptors (Lipinski definition) is 2. The maximum atomic E-state index is 12.7. The van der Waals surface area contributed by atoms with E-state index in [9.17, 15) is 4.79 Å². The molecule has 0 spiro atoms. The van der Waals surface area contributed by atoms with Crippen molar-refractivity contribution in [2.45, 2.75) is 53.1 Å². The molecule has 0 unspecified atom stereocenters. The van der Waals surface area contributed by atoms with Gasteiger partial charge in [0.05, 0.1) is 17.3 Å². The first-order chi connectivity index (χ1) is 9.10. The third-order valence-electron chi connectivity index (χ3n) is 3.80. The number of amides is 1. The molecule has 1 aromatic heterocycles. The summed E-state index contributed by atoms with van der Waals surface area (Å²) in [6.45, 7) is 9.63. The maximum Gasteiger partial charge on any atom is 0.258 e. The van der Waals surface area contributed by atoms with Gasteiger partial charge < -0.3 is 4.90 Å². The number of nitrogens with zero attached hydrogens (tertiary/aromatic N) is 3. The minimum atomic E-state index is 0.123. The van der Waals surface area contributed by atoms with Crippen molar-refractivity contribution in [2.75, 3.05) is 6.54 Å². The second-order valence-electron chi connectivity index (χ2n) is 5.10. The Morgan fingerprint density at radius 2 is 2.16 bits per heavy atom. The van der Waals surface area contributed by atoms with E-state index in [0.717, 1.165) is 42.9 Å². The first-order valence-electron chi connectivity index (χ1n) is 7.11.